The molecule has 0 bridgehead atoms. The van der Waals surface area contributed by atoms with Crippen molar-refractivity contribution in [2.75, 3.05) is 0 Å². The number of aromatic nitrogens is 2. The molecule has 0 aliphatic heterocycles. The third-order valence-electron chi connectivity index (χ3n) is 2.21. The van der Waals surface area contributed by atoms with Crippen LogP contribution in [0.15, 0.2) is 22.3 Å². The van der Waals surface area contributed by atoms with Crippen LogP contribution in [-0.2, 0) is 6.42 Å². The Morgan fingerprint density at radius 3 is 2.82 bits per heavy atom. The van der Waals surface area contributed by atoms with Gasteiger partial charge in [-0.3, -0.25) is 4.79 Å². The zero-order valence-electron chi connectivity index (χ0n) is 9.66. The lowest BCUT2D eigenvalue weighted by Gasteiger charge is -2.05. The van der Waals surface area contributed by atoms with Crippen molar-refractivity contribution in [2.24, 2.45) is 5.92 Å². The molecular formula is C12H13ClN2OS. The molecule has 0 aromatic carbocycles. The number of nitrogens with zero attached hydrogens (tertiary/aromatic N) is 1. The van der Waals surface area contributed by atoms with E-state index in [1.165, 1.54) is 11.3 Å². The van der Waals surface area contributed by atoms with E-state index in [4.69, 9.17) is 11.6 Å². The van der Waals surface area contributed by atoms with Gasteiger partial charge in [-0.15, -0.1) is 11.3 Å². The van der Waals surface area contributed by atoms with E-state index >= 15 is 0 Å². The van der Waals surface area contributed by atoms with Gasteiger partial charge in [-0.25, -0.2) is 4.98 Å². The molecule has 3 nitrogen and oxygen atoms in total. The first-order valence-electron chi connectivity index (χ1n) is 5.39. The third kappa shape index (κ3) is 3.17. The Bertz CT molecular complexity index is 574. The van der Waals surface area contributed by atoms with Crippen molar-refractivity contribution in [1.82, 2.24) is 9.97 Å². The Morgan fingerprint density at radius 2 is 2.24 bits per heavy atom. The van der Waals surface area contributed by atoms with Gasteiger partial charge in [0.1, 0.15) is 0 Å². The Hall–Kier alpha value is -1.13. The van der Waals surface area contributed by atoms with Crippen molar-refractivity contribution in [2.45, 2.75) is 20.3 Å². The monoisotopic (exact) mass is 268 g/mol. The van der Waals surface area contributed by atoms with Crippen LogP contribution < -0.4 is 5.56 Å². The molecule has 0 unspecified atom stereocenters. The topological polar surface area (TPSA) is 45.8 Å². The smallest absolute Gasteiger partial charge is 0.251 e. The molecule has 2 aromatic rings. The molecule has 0 atom stereocenters. The van der Waals surface area contributed by atoms with Crippen LogP contribution in [0.1, 0.15) is 19.5 Å². The van der Waals surface area contributed by atoms with Gasteiger partial charge in [-0.05, 0) is 18.4 Å². The summed E-state index contributed by atoms with van der Waals surface area (Å²) in [5.41, 5.74) is 0.707. The molecule has 0 aliphatic carbocycles. The highest BCUT2D eigenvalue weighted by molar-refractivity contribution is 7.14. The molecule has 2 aromatic heterocycles. The fraction of sp³-hybridized carbons (Fsp3) is 0.333. The maximum Gasteiger partial charge on any atom is 0.251 e. The van der Waals surface area contributed by atoms with Crippen LogP contribution in [0.2, 0.25) is 5.02 Å². The number of hydrogen-bond donors (Lipinski definition) is 1. The van der Waals surface area contributed by atoms with Crippen LogP contribution in [0, 0.1) is 5.92 Å². The summed E-state index contributed by atoms with van der Waals surface area (Å²) in [6, 6.07) is 3.36. The Kier molecular flexibility index (Phi) is 3.64. The maximum atomic E-state index is 11.5. The SMILES string of the molecule is CC(C)Cc1cc(=O)[nH]c(-c2cc(Cl)cs2)n1. The van der Waals surface area contributed by atoms with E-state index in [1.54, 1.807) is 6.07 Å². The van der Waals surface area contributed by atoms with E-state index in [2.05, 4.69) is 23.8 Å². The van der Waals surface area contributed by atoms with E-state index in [9.17, 15) is 4.79 Å². The second-order valence-electron chi connectivity index (χ2n) is 4.31. The van der Waals surface area contributed by atoms with Gasteiger partial charge in [0.15, 0.2) is 5.82 Å². The molecule has 0 aliphatic rings. The first kappa shape index (κ1) is 12.3. The first-order valence-corrected chi connectivity index (χ1v) is 6.65. The molecule has 0 radical (unpaired) electrons. The van der Waals surface area contributed by atoms with Crippen molar-refractivity contribution in [3.05, 3.63) is 38.6 Å². The molecule has 1 N–H and O–H groups in total. The number of halogens is 1. The summed E-state index contributed by atoms with van der Waals surface area (Å²) in [6.07, 6.45) is 0.802. The van der Waals surface area contributed by atoms with Crippen LogP contribution >= 0.6 is 22.9 Å². The van der Waals surface area contributed by atoms with Crippen molar-refractivity contribution in [3.8, 4) is 10.7 Å². The molecule has 17 heavy (non-hydrogen) atoms. The van der Waals surface area contributed by atoms with Crippen molar-refractivity contribution < 1.29 is 0 Å². The van der Waals surface area contributed by atoms with Crippen LogP contribution in [0.25, 0.3) is 10.7 Å². The Labute approximate surface area is 108 Å². The highest BCUT2D eigenvalue weighted by atomic mass is 35.5. The molecule has 2 heterocycles. The minimum atomic E-state index is -0.116. The number of hydrogen-bond acceptors (Lipinski definition) is 3. The lowest BCUT2D eigenvalue weighted by molar-refractivity contribution is 0.634. The predicted molar refractivity (Wildman–Crippen MR) is 71.7 cm³/mol. The average molecular weight is 269 g/mol. The molecular weight excluding hydrogens is 256 g/mol. The minimum Gasteiger partial charge on any atom is -0.306 e. The van der Waals surface area contributed by atoms with Crippen LogP contribution in [0.4, 0.5) is 0 Å². The van der Waals surface area contributed by atoms with E-state index < -0.39 is 0 Å². The molecule has 2 rings (SSSR count). The molecule has 90 valence electrons. The van der Waals surface area contributed by atoms with Gasteiger partial charge in [-0.2, -0.15) is 0 Å². The summed E-state index contributed by atoms with van der Waals surface area (Å²) < 4.78 is 0. The second kappa shape index (κ2) is 5.02. The summed E-state index contributed by atoms with van der Waals surface area (Å²) >= 11 is 7.34. The number of nitrogens with one attached hydrogen (secondary N) is 1. The van der Waals surface area contributed by atoms with Crippen molar-refractivity contribution >= 4 is 22.9 Å². The lowest BCUT2D eigenvalue weighted by atomic mass is 10.1. The summed E-state index contributed by atoms with van der Waals surface area (Å²) in [5, 5.41) is 2.49. The third-order valence-corrected chi connectivity index (χ3v) is 3.50. The summed E-state index contributed by atoms with van der Waals surface area (Å²) in [5.74, 6) is 1.08. The average Bonchev–Trinajstić information content (AvgIpc) is 2.62. The number of H-pyrrole nitrogens is 1. The zero-order chi connectivity index (χ0) is 12.4. The first-order chi connectivity index (χ1) is 8.04. The highest BCUT2D eigenvalue weighted by Gasteiger charge is 2.07. The largest absolute Gasteiger partial charge is 0.306 e. The van der Waals surface area contributed by atoms with Gasteiger partial charge in [-0.1, -0.05) is 25.4 Å². The van der Waals surface area contributed by atoms with Crippen molar-refractivity contribution in [3.63, 3.8) is 0 Å². The van der Waals surface area contributed by atoms with Crippen LogP contribution in [-0.4, -0.2) is 9.97 Å². The maximum absolute atomic E-state index is 11.5. The van der Waals surface area contributed by atoms with E-state index in [0.717, 1.165) is 17.0 Å². The van der Waals surface area contributed by atoms with E-state index in [1.807, 2.05) is 11.4 Å². The highest BCUT2D eigenvalue weighted by Crippen LogP contribution is 2.26. The Morgan fingerprint density at radius 1 is 1.47 bits per heavy atom. The number of aromatic amines is 1. The van der Waals surface area contributed by atoms with Crippen molar-refractivity contribution in [1.29, 1.82) is 0 Å². The van der Waals surface area contributed by atoms with Gasteiger partial charge in [0.2, 0.25) is 0 Å². The molecule has 0 saturated carbocycles. The standard InChI is InChI=1S/C12H13ClN2OS/c1-7(2)3-9-5-11(16)15-12(14-9)10-4-8(13)6-17-10/h4-7H,3H2,1-2H3,(H,14,15,16). The summed E-state index contributed by atoms with van der Waals surface area (Å²) in [6.45, 7) is 4.20. The molecule has 0 amide bonds. The summed E-state index contributed by atoms with van der Waals surface area (Å²) in [7, 11) is 0. The fourth-order valence-electron chi connectivity index (χ4n) is 1.58. The fourth-order valence-corrected chi connectivity index (χ4v) is 2.60. The van der Waals surface area contributed by atoms with Gasteiger partial charge in [0.25, 0.3) is 5.56 Å². The molecule has 0 spiro atoms. The van der Waals surface area contributed by atoms with Crippen LogP contribution in [0.3, 0.4) is 0 Å². The normalized spacial score (nSPS) is 11.1. The van der Waals surface area contributed by atoms with Gasteiger partial charge in [0.05, 0.1) is 9.90 Å². The molecule has 0 fully saturated rings. The van der Waals surface area contributed by atoms with E-state index in [-0.39, 0.29) is 5.56 Å². The Balaban J connectivity index is 2.41. The second-order valence-corrected chi connectivity index (χ2v) is 5.66. The number of thiophene rings is 1. The summed E-state index contributed by atoms with van der Waals surface area (Å²) in [4.78, 5) is 19.6. The van der Waals surface area contributed by atoms with Crippen LogP contribution in [0.5, 0.6) is 0 Å². The van der Waals surface area contributed by atoms with Gasteiger partial charge >= 0.3 is 0 Å². The van der Waals surface area contributed by atoms with E-state index in [0.29, 0.717) is 16.8 Å². The minimum absolute atomic E-state index is 0.116. The van der Waals surface area contributed by atoms with Gasteiger partial charge in [0, 0.05) is 17.1 Å². The molecule has 0 saturated heterocycles. The predicted octanol–water partition coefficient (Wildman–Crippen LogP) is 3.35. The quantitative estimate of drug-likeness (QED) is 0.928. The van der Waals surface area contributed by atoms with Gasteiger partial charge < -0.3 is 4.98 Å². The molecule has 5 heteroatoms. The number of rotatable bonds is 3. The lowest BCUT2D eigenvalue weighted by Crippen LogP contribution is -2.11. The zero-order valence-corrected chi connectivity index (χ0v) is 11.2.